The fourth-order valence-corrected chi connectivity index (χ4v) is 5.87. The summed E-state index contributed by atoms with van der Waals surface area (Å²) in [4.78, 5) is 29.0. The Morgan fingerprint density at radius 3 is 2.22 bits per heavy atom. The zero-order chi connectivity index (χ0) is 30.0. The van der Waals surface area contributed by atoms with Crippen molar-refractivity contribution in [1.82, 2.24) is 10.2 Å². The van der Waals surface area contributed by atoms with E-state index in [0.29, 0.717) is 24.3 Å². The Hall–Kier alpha value is -3.85. The molecule has 0 fully saturated rings. The smallest absolute Gasteiger partial charge is 0.264 e. The van der Waals surface area contributed by atoms with Gasteiger partial charge in [-0.05, 0) is 62.9 Å². The van der Waals surface area contributed by atoms with Gasteiger partial charge in [-0.25, -0.2) is 8.42 Å². The van der Waals surface area contributed by atoms with Crippen molar-refractivity contribution in [2.45, 2.75) is 63.9 Å². The van der Waals surface area contributed by atoms with Gasteiger partial charge in [0.05, 0.1) is 17.7 Å². The van der Waals surface area contributed by atoms with Gasteiger partial charge in [-0.2, -0.15) is 0 Å². The van der Waals surface area contributed by atoms with E-state index in [1.54, 1.807) is 36.4 Å². The second kappa shape index (κ2) is 14.7. The Morgan fingerprint density at radius 2 is 1.61 bits per heavy atom. The number of rotatable bonds is 14. The molecule has 0 radical (unpaired) electrons. The first-order chi connectivity index (χ1) is 19.6. The molecule has 1 N–H and O–H groups in total. The Labute approximate surface area is 244 Å². The Balaban J connectivity index is 2.03. The lowest BCUT2D eigenvalue weighted by Crippen LogP contribution is -2.54. The molecule has 220 valence electrons. The normalized spacial score (nSPS) is 12.7. The van der Waals surface area contributed by atoms with Crippen LogP contribution in [0.2, 0.25) is 0 Å². The van der Waals surface area contributed by atoms with Gasteiger partial charge in [0, 0.05) is 18.7 Å². The highest BCUT2D eigenvalue weighted by molar-refractivity contribution is 7.92. The first kappa shape index (κ1) is 31.7. The number of sulfonamides is 1. The second-order valence-electron chi connectivity index (χ2n) is 10.1. The number of aryl methyl sites for hydroxylation is 1. The number of nitrogens with one attached hydrogen (secondary N) is 1. The van der Waals surface area contributed by atoms with E-state index in [1.807, 2.05) is 58.0 Å². The van der Waals surface area contributed by atoms with Gasteiger partial charge in [0.1, 0.15) is 18.3 Å². The van der Waals surface area contributed by atoms with Gasteiger partial charge in [0.2, 0.25) is 11.8 Å². The van der Waals surface area contributed by atoms with Crippen LogP contribution in [0.5, 0.6) is 5.75 Å². The molecular formula is C32H41N3O5S. The van der Waals surface area contributed by atoms with E-state index in [1.165, 1.54) is 24.1 Å². The maximum absolute atomic E-state index is 14.1. The predicted octanol–water partition coefficient (Wildman–Crippen LogP) is 4.96. The van der Waals surface area contributed by atoms with Crippen molar-refractivity contribution in [2.75, 3.05) is 24.5 Å². The van der Waals surface area contributed by atoms with Crippen LogP contribution in [-0.2, 0) is 26.0 Å². The number of hydrogen-bond donors (Lipinski definition) is 1. The van der Waals surface area contributed by atoms with Crippen molar-refractivity contribution in [3.05, 3.63) is 90.0 Å². The molecule has 3 aromatic carbocycles. The fourth-order valence-electron chi connectivity index (χ4n) is 4.47. The van der Waals surface area contributed by atoms with Gasteiger partial charge in [-0.3, -0.25) is 13.9 Å². The van der Waals surface area contributed by atoms with Gasteiger partial charge in [0.25, 0.3) is 10.0 Å². The number of ether oxygens (including phenoxy) is 1. The standard InChI is InChI=1S/C32H41N3O5S/c1-6-25(4)33-32(37)30(7-2)34(21-20-26-12-9-8-10-13-26)31(36)23-35(27-14-11-15-28(22-27)40-5)41(38,39)29-18-16-24(3)17-19-29/h8-19,22,25,30H,6-7,20-21,23H2,1-5H3,(H,33,37). The molecule has 3 aromatic rings. The summed E-state index contributed by atoms with van der Waals surface area (Å²) in [6, 6.07) is 22.0. The Bertz CT molecular complexity index is 1390. The molecule has 41 heavy (non-hydrogen) atoms. The van der Waals surface area contributed by atoms with E-state index in [4.69, 9.17) is 4.74 Å². The first-order valence-corrected chi connectivity index (χ1v) is 15.4. The van der Waals surface area contributed by atoms with E-state index in [2.05, 4.69) is 5.32 Å². The minimum Gasteiger partial charge on any atom is -0.497 e. The van der Waals surface area contributed by atoms with Gasteiger partial charge in [-0.1, -0.05) is 67.9 Å². The Morgan fingerprint density at radius 1 is 0.927 bits per heavy atom. The summed E-state index contributed by atoms with van der Waals surface area (Å²) >= 11 is 0. The summed E-state index contributed by atoms with van der Waals surface area (Å²) in [7, 11) is -2.64. The quantitative estimate of drug-likeness (QED) is 0.291. The van der Waals surface area contributed by atoms with Crippen LogP contribution < -0.4 is 14.4 Å². The summed E-state index contributed by atoms with van der Waals surface area (Å²) in [5, 5.41) is 2.99. The molecule has 0 spiro atoms. The SMILES string of the molecule is CCC(C)NC(=O)C(CC)N(CCc1ccccc1)C(=O)CN(c1cccc(OC)c1)S(=O)(=O)c1ccc(C)cc1. The number of anilines is 1. The highest BCUT2D eigenvalue weighted by Gasteiger charge is 2.33. The van der Waals surface area contributed by atoms with Crippen molar-refractivity contribution in [2.24, 2.45) is 0 Å². The number of amides is 2. The van der Waals surface area contributed by atoms with Crippen molar-refractivity contribution in [3.8, 4) is 5.75 Å². The fraction of sp³-hybridized carbons (Fsp3) is 0.375. The zero-order valence-electron chi connectivity index (χ0n) is 24.5. The molecule has 0 heterocycles. The van der Waals surface area contributed by atoms with Crippen molar-refractivity contribution in [3.63, 3.8) is 0 Å². The highest BCUT2D eigenvalue weighted by atomic mass is 32.2. The van der Waals surface area contributed by atoms with Crippen LogP contribution in [0.3, 0.4) is 0 Å². The molecule has 9 heteroatoms. The predicted molar refractivity (Wildman–Crippen MR) is 163 cm³/mol. The third kappa shape index (κ3) is 8.33. The highest BCUT2D eigenvalue weighted by Crippen LogP contribution is 2.28. The third-order valence-electron chi connectivity index (χ3n) is 7.10. The third-order valence-corrected chi connectivity index (χ3v) is 8.89. The zero-order valence-corrected chi connectivity index (χ0v) is 25.4. The largest absolute Gasteiger partial charge is 0.497 e. The molecular weight excluding hydrogens is 538 g/mol. The van der Waals surface area contributed by atoms with Crippen LogP contribution >= 0.6 is 0 Å². The molecule has 3 rings (SSSR count). The molecule has 2 atom stereocenters. The van der Waals surface area contributed by atoms with Crippen LogP contribution in [0.15, 0.2) is 83.8 Å². The van der Waals surface area contributed by atoms with Crippen LogP contribution in [0.1, 0.15) is 44.7 Å². The molecule has 0 aliphatic heterocycles. The number of methoxy groups -OCH3 is 1. The molecule has 0 bridgehead atoms. The van der Waals surface area contributed by atoms with E-state index in [0.717, 1.165) is 21.9 Å². The van der Waals surface area contributed by atoms with Gasteiger partial charge >= 0.3 is 0 Å². The van der Waals surface area contributed by atoms with Crippen LogP contribution in [0.25, 0.3) is 0 Å². The van der Waals surface area contributed by atoms with Gasteiger partial charge in [-0.15, -0.1) is 0 Å². The first-order valence-electron chi connectivity index (χ1n) is 14.0. The molecule has 8 nitrogen and oxygen atoms in total. The summed E-state index contributed by atoms with van der Waals surface area (Å²) in [6.07, 6.45) is 1.65. The van der Waals surface area contributed by atoms with E-state index in [9.17, 15) is 18.0 Å². The topological polar surface area (TPSA) is 96.0 Å². The molecule has 0 aliphatic rings. The molecule has 0 aliphatic carbocycles. The number of hydrogen-bond acceptors (Lipinski definition) is 5. The lowest BCUT2D eigenvalue weighted by Gasteiger charge is -2.33. The maximum Gasteiger partial charge on any atom is 0.264 e. The van der Waals surface area contributed by atoms with Crippen molar-refractivity contribution in [1.29, 1.82) is 0 Å². The van der Waals surface area contributed by atoms with E-state index in [-0.39, 0.29) is 23.4 Å². The van der Waals surface area contributed by atoms with Crippen LogP contribution in [0.4, 0.5) is 5.69 Å². The van der Waals surface area contributed by atoms with Crippen LogP contribution in [-0.4, -0.2) is 57.4 Å². The minimum absolute atomic E-state index is 0.0576. The molecule has 2 unspecified atom stereocenters. The lowest BCUT2D eigenvalue weighted by molar-refractivity contribution is -0.139. The molecule has 0 saturated carbocycles. The summed E-state index contributed by atoms with van der Waals surface area (Å²) in [6.45, 7) is 7.40. The van der Waals surface area contributed by atoms with Crippen LogP contribution in [0, 0.1) is 6.92 Å². The molecule has 2 amide bonds. The number of nitrogens with zero attached hydrogens (tertiary/aromatic N) is 2. The van der Waals surface area contributed by atoms with Crippen molar-refractivity contribution < 1.29 is 22.7 Å². The molecule has 0 aromatic heterocycles. The monoisotopic (exact) mass is 579 g/mol. The second-order valence-corrected chi connectivity index (χ2v) is 12.0. The summed E-state index contributed by atoms with van der Waals surface area (Å²) in [5.41, 5.74) is 2.22. The summed E-state index contributed by atoms with van der Waals surface area (Å²) in [5.74, 6) is -0.262. The van der Waals surface area contributed by atoms with Gasteiger partial charge in [0.15, 0.2) is 0 Å². The minimum atomic E-state index is -4.14. The van der Waals surface area contributed by atoms with E-state index >= 15 is 0 Å². The lowest BCUT2D eigenvalue weighted by atomic mass is 10.1. The maximum atomic E-state index is 14.1. The van der Waals surface area contributed by atoms with Crippen molar-refractivity contribution >= 4 is 27.5 Å². The van der Waals surface area contributed by atoms with Gasteiger partial charge < -0.3 is 15.0 Å². The number of benzene rings is 3. The molecule has 0 saturated heterocycles. The number of carbonyl (C=O) groups excluding carboxylic acids is 2. The van der Waals surface area contributed by atoms with E-state index < -0.39 is 28.5 Å². The summed E-state index contributed by atoms with van der Waals surface area (Å²) < 4.78 is 34.4. The average Bonchev–Trinajstić information content (AvgIpc) is 2.98. The number of carbonyl (C=O) groups is 2. The Kier molecular flexibility index (Phi) is 11.3. The average molecular weight is 580 g/mol.